The van der Waals surface area contributed by atoms with Gasteiger partial charge in [-0.05, 0) is 51.1 Å². The van der Waals surface area contributed by atoms with Crippen LogP contribution in [0.15, 0.2) is 47.4 Å². The number of nitrogens with one attached hydrogen (secondary N) is 2. The van der Waals surface area contributed by atoms with Gasteiger partial charge in [-0.15, -0.1) is 0 Å². The van der Waals surface area contributed by atoms with E-state index in [0.29, 0.717) is 17.3 Å². The lowest BCUT2D eigenvalue weighted by Crippen LogP contribution is -2.27. The molecule has 1 aromatic carbocycles. The van der Waals surface area contributed by atoms with Crippen molar-refractivity contribution >= 4 is 34.4 Å². The van der Waals surface area contributed by atoms with Crippen molar-refractivity contribution in [2.45, 2.75) is 26.4 Å². The zero-order chi connectivity index (χ0) is 19.6. The van der Waals surface area contributed by atoms with Crippen LogP contribution >= 0.6 is 0 Å². The normalized spacial score (nSPS) is 11.3. The third-order valence-electron chi connectivity index (χ3n) is 3.64. The number of amides is 1. The Hall–Kier alpha value is -3.42. The summed E-state index contributed by atoms with van der Waals surface area (Å²) in [7, 11) is 1.67. The van der Waals surface area contributed by atoms with Gasteiger partial charge in [0.2, 0.25) is 5.95 Å². The minimum Gasteiger partial charge on any atom is -0.444 e. The Bertz CT molecular complexity index is 1040. The van der Waals surface area contributed by atoms with Gasteiger partial charge in [-0.2, -0.15) is 4.98 Å². The number of aromatic nitrogens is 3. The molecule has 0 aliphatic carbocycles. The molecule has 0 bridgehead atoms. The van der Waals surface area contributed by atoms with Gasteiger partial charge in [-0.1, -0.05) is 0 Å². The number of hydrogen-bond acceptors (Lipinski definition) is 6. The number of ether oxygens (including phenoxy) is 1. The number of carbonyl (C=O) groups is 1. The average Bonchev–Trinajstić information content (AvgIpc) is 2.59. The minimum absolute atomic E-state index is 0.135. The van der Waals surface area contributed by atoms with Crippen molar-refractivity contribution in [3.05, 3.63) is 52.9 Å². The topological polar surface area (TPSA) is 98.1 Å². The van der Waals surface area contributed by atoms with Crippen molar-refractivity contribution in [2.24, 2.45) is 7.05 Å². The van der Waals surface area contributed by atoms with Crippen LogP contribution in [0.3, 0.4) is 0 Å². The summed E-state index contributed by atoms with van der Waals surface area (Å²) in [5, 5.41) is 6.53. The van der Waals surface area contributed by atoms with Gasteiger partial charge in [0.1, 0.15) is 11.2 Å². The van der Waals surface area contributed by atoms with Crippen molar-refractivity contribution in [3.8, 4) is 0 Å². The Morgan fingerprint density at radius 3 is 2.41 bits per heavy atom. The van der Waals surface area contributed by atoms with Crippen LogP contribution in [0.5, 0.6) is 0 Å². The first-order valence-electron chi connectivity index (χ1n) is 8.41. The fourth-order valence-electron chi connectivity index (χ4n) is 2.39. The largest absolute Gasteiger partial charge is 0.444 e. The molecule has 0 atom stereocenters. The first kappa shape index (κ1) is 18.4. The second kappa shape index (κ2) is 7.06. The second-order valence-corrected chi connectivity index (χ2v) is 7.03. The molecule has 8 nitrogen and oxygen atoms in total. The zero-order valence-corrected chi connectivity index (χ0v) is 15.6. The van der Waals surface area contributed by atoms with Crippen molar-refractivity contribution in [1.82, 2.24) is 14.5 Å². The molecule has 0 fully saturated rings. The van der Waals surface area contributed by atoms with E-state index in [1.54, 1.807) is 64.3 Å². The number of aryl methyl sites for hydroxylation is 1. The molecule has 3 rings (SSSR count). The van der Waals surface area contributed by atoms with Crippen LogP contribution in [0.2, 0.25) is 0 Å². The molecule has 8 heteroatoms. The van der Waals surface area contributed by atoms with E-state index in [1.807, 2.05) is 0 Å². The zero-order valence-electron chi connectivity index (χ0n) is 15.6. The first-order chi connectivity index (χ1) is 12.7. The van der Waals surface area contributed by atoms with E-state index in [1.165, 1.54) is 10.6 Å². The Morgan fingerprint density at radius 2 is 1.74 bits per heavy atom. The molecule has 0 radical (unpaired) electrons. The van der Waals surface area contributed by atoms with Crippen molar-refractivity contribution in [2.75, 3.05) is 10.6 Å². The molecule has 1 amide bonds. The van der Waals surface area contributed by atoms with Crippen molar-refractivity contribution in [3.63, 3.8) is 0 Å². The van der Waals surface area contributed by atoms with Crippen LogP contribution < -0.4 is 16.2 Å². The summed E-state index contributed by atoms with van der Waals surface area (Å²) in [5.41, 5.74) is 1.20. The van der Waals surface area contributed by atoms with Gasteiger partial charge in [0.05, 0.1) is 0 Å². The van der Waals surface area contributed by atoms with Gasteiger partial charge in [0.25, 0.3) is 5.56 Å². The fourth-order valence-corrected chi connectivity index (χ4v) is 2.39. The van der Waals surface area contributed by atoms with Crippen LogP contribution in [0.25, 0.3) is 11.0 Å². The molecule has 2 heterocycles. The fraction of sp³-hybridized carbons (Fsp3) is 0.263. The molecule has 0 spiro atoms. The number of pyridine rings is 1. The molecule has 0 unspecified atom stereocenters. The van der Waals surface area contributed by atoms with E-state index in [0.717, 1.165) is 11.1 Å². The van der Waals surface area contributed by atoms with Gasteiger partial charge in [-0.25, -0.2) is 9.78 Å². The second-order valence-electron chi connectivity index (χ2n) is 7.03. The monoisotopic (exact) mass is 367 g/mol. The third-order valence-corrected chi connectivity index (χ3v) is 3.64. The number of carbonyl (C=O) groups excluding carboxylic acids is 1. The highest BCUT2D eigenvalue weighted by Gasteiger charge is 2.16. The summed E-state index contributed by atoms with van der Waals surface area (Å²) in [5.74, 6) is 0.372. The van der Waals surface area contributed by atoms with E-state index in [4.69, 9.17) is 4.74 Å². The average molecular weight is 367 g/mol. The third kappa shape index (κ3) is 4.60. The van der Waals surface area contributed by atoms with Gasteiger partial charge in [0.15, 0.2) is 0 Å². The summed E-state index contributed by atoms with van der Waals surface area (Å²) < 4.78 is 6.68. The molecular weight excluding hydrogens is 346 g/mol. The van der Waals surface area contributed by atoms with Crippen LogP contribution in [-0.2, 0) is 11.8 Å². The van der Waals surface area contributed by atoms with Gasteiger partial charge >= 0.3 is 6.09 Å². The summed E-state index contributed by atoms with van der Waals surface area (Å²) in [6, 6.07) is 10.2. The van der Waals surface area contributed by atoms with E-state index < -0.39 is 11.7 Å². The molecule has 2 aromatic heterocycles. The molecule has 0 aliphatic heterocycles. The molecule has 0 saturated heterocycles. The number of benzene rings is 1. The molecule has 0 aliphatic rings. The van der Waals surface area contributed by atoms with E-state index >= 15 is 0 Å². The maximum atomic E-state index is 11.8. The van der Waals surface area contributed by atoms with E-state index in [9.17, 15) is 9.59 Å². The SMILES string of the molecule is Cn1c(=O)ccc2cnc(Nc3ccc(NC(=O)OC(C)(C)C)cc3)nc21. The van der Waals surface area contributed by atoms with Gasteiger partial charge < -0.3 is 10.1 Å². The number of rotatable bonds is 3. The Morgan fingerprint density at radius 1 is 1.07 bits per heavy atom. The number of hydrogen-bond donors (Lipinski definition) is 2. The Labute approximate surface area is 156 Å². The standard InChI is InChI=1S/C19H21N5O3/c1-19(2,3)27-18(26)22-14-8-6-13(7-9-14)21-17-20-11-12-5-10-15(25)24(4)16(12)23-17/h5-11H,1-4H3,(H,22,26)(H,20,21,23). The van der Waals surface area contributed by atoms with Crippen LogP contribution in [0.1, 0.15) is 20.8 Å². The quantitative estimate of drug-likeness (QED) is 0.736. The summed E-state index contributed by atoms with van der Waals surface area (Å²) in [6.07, 6.45) is 1.14. The van der Waals surface area contributed by atoms with E-state index in [2.05, 4.69) is 20.6 Å². The molecule has 0 saturated carbocycles. The number of anilines is 3. The lowest BCUT2D eigenvalue weighted by Gasteiger charge is -2.19. The lowest BCUT2D eigenvalue weighted by atomic mass is 10.2. The Balaban J connectivity index is 1.73. The predicted molar refractivity (Wildman–Crippen MR) is 104 cm³/mol. The number of fused-ring (bicyclic) bond motifs is 1. The predicted octanol–water partition coefficient (Wildman–Crippen LogP) is 3.42. The lowest BCUT2D eigenvalue weighted by molar-refractivity contribution is 0.0636. The van der Waals surface area contributed by atoms with Crippen molar-refractivity contribution in [1.29, 1.82) is 0 Å². The Kier molecular flexibility index (Phi) is 4.81. The van der Waals surface area contributed by atoms with Crippen molar-refractivity contribution < 1.29 is 9.53 Å². The van der Waals surface area contributed by atoms with E-state index in [-0.39, 0.29) is 5.56 Å². The molecule has 27 heavy (non-hydrogen) atoms. The maximum Gasteiger partial charge on any atom is 0.412 e. The minimum atomic E-state index is -0.556. The summed E-state index contributed by atoms with van der Waals surface area (Å²) >= 11 is 0. The molecular formula is C19H21N5O3. The first-order valence-corrected chi connectivity index (χ1v) is 8.41. The highest BCUT2D eigenvalue weighted by Crippen LogP contribution is 2.19. The van der Waals surface area contributed by atoms with Crippen LogP contribution in [-0.4, -0.2) is 26.2 Å². The molecule has 3 aromatic rings. The van der Waals surface area contributed by atoms with Gasteiger partial charge in [-0.3, -0.25) is 14.7 Å². The summed E-state index contributed by atoms with van der Waals surface area (Å²) in [6.45, 7) is 5.41. The smallest absolute Gasteiger partial charge is 0.412 e. The van der Waals surface area contributed by atoms with Crippen LogP contribution in [0.4, 0.5) is 22.1 Å². The van der Waals surface area contributed by atoms with Crippen LogP contribution in [0, 0.1) is 0 Å². The molecule has 140 valence electrons. The highest BCUT2D eigenvalue weighted by molar-refractivity contribution is 5.85. The van der Waals surface area contributed by atoms with Gasteiger partial charge in [0, 0.05) is 36.1 Å². The molecule has 2 N–H and O–H groups in total. The summed E-state index contributed by atoms with van der Waals surface area (Å²) in [4.78, 5) is 32.2. The maximum absolute atomic E-state index is 11.8. The highest BCUT2D eigenvalue weighted by atomic mass is 16.6. The number of nitrogens with zero attached hydrogens (tertiary/aromatic N) is 3.